The quantitative estimate of drug-likeness (QED) is 0.851. The zero-order valence-electron chi connectivity index (χ0n) is 9.79. The molecule has 0 aromatic heterocycles. The van der Waals surface area contributed by atoms with Crippen LogP contribution in [0.2, 0.25) is 0 Å². The molecule has 0 heterocycles. The van der Waals surface area contributed by atoms with Crippen LogP contribution in [0.1, 0.15) is 43.9 Å². The van der Waals surface area contributed by atoms with Crippen molar-refractivity contribution in [2.45, 2.75) is 38.3 Å². The van der Waals surface area contributed by atoms with Crippen LogP contribution in [-0.4, -0.2) is 6.61 Å². The Balaban J connectivity index is 2.28. The average molecular weight is 223 g/mol. The van der Waals surface area contributed by atoms with E-state index in [4.69, 9.17) is 10.5 Å². The molecule has 2 nitrogen and oxygen atoms in total. The van der Waals surface area contributed by atoms with Crippen molar-refractivity contribution >= 4 is 0 Å². The van der Waals surface area contributed by atoms with Gasteiger partial charge in [0, 0.05) is 18.2 Å². The molecule has 1 fully saturated rings. The lowest BCUT2D eigenvalue weighted by Crippen LogP contribution is -2.14. The number of rotatable bonds is 4. The molecule has 1 aliphatic carbocycles. The molecular formula is C13H18FNO. The van der Waals surface area contributed by atoms with Gasteiger partial charge < -0.3 is 10.5 Å². The van der Waals surface area contributed by atoms with E-state index in [1.165, 1.54) is 0 Å². The van der Waals surface area contributed by atoms with E-state index >= 15 is 0 Å². The third-order valence-electron chi connectivity index (χ3n) is 3.14. The summed E-state index contributed by atoms with van der Waals surface area (Å²) >= 11 is 0. The molecule has 2 N–H and O–H groups in total. The predicted octanol–water partition coefficient (Wildman–Crippen LogP) is 2.87. The van der Waals surface area contributed by atoms with Crippen LogP contribution < -0.4 is 5.73 Å². The molecule has 1 unspecified atom stereocenters. The topological polar surface area (TPSA) is 35.2 Å². The van der Waals surface area contributed by atoms with Gasteiger partial charge in [-0.05, 0) is 38.3 Å². The Bertz CT molecular complexity index is 386. The van der Waals surface area contributed by atoms with Gasteiger partial charge in [0.2, 0.25) is 0 Å². The molecule has 1 atom stereocenters. The first kappa shape index (κ1) is 11.6. The number of hydrogen-bond donors (Lipinski definition) is 1. The van der Waals surface area contributed by atoms with Gasteiger partial charge in [-0.15, -0.1) is 0 Å². The van der Waals surface area contributed by atoms with Crippen molar-refractivity contribution in [3.05, 3.63) is 35.1 Å². The molecular weight excluding hydrogens is 205 g/mol. The Labute approximate surface area is 95.6 Å². The highest BCUT2D eigenvalue weighted by Crippen LogP contribution is 2.49. The fourth-order valence-corrected chi connectivity index (χ4v) is 2.09. The molecule has 1 aliphatic rings. The highest BCUT2D eigenvalue weighted by molar-refractivity contribution is 5.33. The van der Waals surface area contributed by atoms with E-state index in [1.54, 1.807) is 19.1 Å². The van der Waals surface area contributed by atoms with Gasteiger partial charge in [-0.3, -0.25) is 0 Å². The monoisotopic (exact) mass is 223 g/mol. The predicted molar refractivity (Wildman–Crippen MR) is 61.5 cm³/mol. The molecule has 0 saturated heterocycles. The van der Waals surface area contributed by atoms with Crippen molar-refractivity contribution in [1.82, 2.24) is 0 Å². The molecule has 0 radical (unpaired) electrons. The fourth-order valence-electron chi connectivity index (χ4n) is 2.09. The lowest BCUT2D eigenvalue weighted by atomic mass is 10.0. The van der Waals surface area contributed by atoms with E-state index in [0.29, 0.717) is 12.2 Å². The summed E-state index contributed by atoms with van der Waals surface area (Å²) in [5.74, 6) is -0.224. The summed E-state index contributed by atoms with van der Waals surface area (Å²) < 4.78 is 19.4. The first-order chi connectivity index (χ1) is 7.59. The first-order valence-electron chi connectivity index (χ1n) is 5.78. The Morgan fingerprint density at radius 2 is 2.19 bits per heavy atom. The van der Waals surface area contributed by atoms with E-state index in [0.717, 1.165) is 18.4 Å². The summed E-state index contributed by atoms with van der Waals surface area (Å²) in [6.45, 7) is 4.41. The number of benzene rings is 1. The number of ether oxygens (including phenoxy) is 1. The van der Waals surface area contributed by atoms with Gasteiger partial charge >= 0.3 is 0 Å². The fraction of sp³-hybridized carbons (Fsp3) is 0.538. The second-order valence-corrected chi connectivity index (χ2v) is 4.45. The van der Waals surface area contributed by atoms with Gasteiger partial charge in [0.15, 0.2) is 0 Å². The Hall–Kier alpha value is -0.930. The zero-order valence-corrected chi connectivity index (χ0v) is 9.79. The average Bonchev–Trinajstić information content (AvgIpc) is 2.99. The summed E-state index contributed by atoms with van der Waals surface area (Å²) in [6.07, 6.45) is 1.97. The van der Waals surface area contributed by atoms with E-state index in [-0.39, 0.29) is 17.5 Å². The van der Waals surface area contributed by atoms with Crippen molar-refractivity contribution in [1.29, 1.82) is 0 Å². The molecule has 1 aromatic rings. The van der Waals surface area contributed by atoms with Crippen molar-refractivity contribution in [3.63, 3.8) is 0 Å². The molecule has 0 spiro atoms. The lowest BCUT2D eigenvalue weighted by molar-refractivity contribution is 0.0393. The second-order valence-electron chi connectivity index (χ2n) is 4.45. The van der Waals surface area contributed by atoms with Crippen LogP contribution in [0.4, 0.5) is 4.39 Å². The molecule has 0 amide bonds. The van der Waals surface area contributed by atoms with Crippen LogP contribution in [0.15, 0.2) is 18.2 Å². The Kier molecular flexibility index (Phi) is 3.00. The molecule has 16 heavy (non-hydrogen) atoms. The minimum absolute atomic E-state index is 0.216. The highest BCUT2D eigenvalue weighted by Gasteiger charge is 2.45. The van der Waals surface area contributed by atoms with Crippen LogP contribution in [0.5, 0.6) is 0 Å². The van der Waals surface area contributed by atoms with E-state index in [2.05, 4.69) is 0 Å². The Morgan fingerprint density at radius 3 is 2.62 bits per heavy atom. The molecule has 3 heteroatoms. The van der Waals surface area contributed by atoms with Gasteiger partial charge in [-0.1, -0.05) is 12.1 Å². The Morgan fingerprint density at radius 1 is 1.50 bits per heavy atom. The largest absolute Gasteiger partial charge is 0.371 e. The van der Waals surface area contributed by atoms with Crippen LogP contribution >= 0.6 is 0 Å². The van der Waals surface area contributed by atoms with E-state index in [1.807, 2.05) is 13.0 Å². The summed E-state index contributed by atoms with van der Waals surface area (Å²) in [7, 11) is 0. The maximum Gasteiger partial charge on any atom is 0.128 e. The van der Waals surface area contributed by atoms with Gasteiger partial charge in [0.1, 0.15) is 5.82 Å². The third-order valence-corrected chi connectivity index (χ3v) is 3.14. The van der Waals surface area contributed by atoms with Crippen LogP contribution in [-0.2, 0) is 10.3 Å². The van der Waals surface area contributed by atoms with E-state index < -0.39 is 0 Å². The van der Waals surface area contributed by atoms with E-state index in [9.17, 15) is 4.39 Å². The summed E-state index contributed by atoms with van der Waals surface area (Å²) in [5.41, 5.74) is 6.97. The SMILES string of the molecule is CCOC1(c2ccc(C(C)N)c(F)c2)CC1. The zero-order chi connectivity index (χ0) is 11.8. The first-order valence-corrected chi connectivity index (χ1v) is 5.78. The molecule has 1 saturated carbocycles. The van der Waals surface area contributed by atoms with Gasteiger partial charge in [0.05, 0.1) is 5.60 Å². The van der Waals surface area contributed by atoms with Crippen molar-refractivity contribution in [2.75, 3.05) is 6.61 Å². The summed E-state index contributed by atoms with van der Waals surface area (Å²) in [6, 6.07) is 5.01. The smallest absolute Gasteiger partial charge is 0.128 e. The molecule has 0 bridgehead atoms. The van der Waals surface area contributed by atoms with Gasteiger partial charge in [-0.2, -0.15) is 0 Å². The minimum Gasteiger partial charge on any atom is -0.371 e. The molecule has 88 valence electrons. The highest BCUT2D eigenvalue weighted by atomic mass is 19.1. The standard InChI is InChI=1S/C13H18FNO/c1-3-16-13(6-7-13)10-4-5-11(9(2)15)12(14)8-10/h4-5,8-9H,3,6-7,15H2,1-2H3. The maximum absolute atomic E-state index is 13.8. The van der Waals surface area contributed by atoms with Gasteiger partial charge in [-0.25, -0.2) is 4.39 Å². The number of halogens is 1. The maximum atomic E-state index is 13.8. The van der Waals surface area contributed by atoms with Crippen molar-refractivity contribution < 1.29 is 9.13 Å². The number of hydrogen-bond acceptors (Lipinski definition) is 2. The van der Waals surface area contributed by atoms with Crippen molar-refractivity contribution in [3.8, 4) is 0 Å². The van der Waals surface area contributed by atoms with Gasteiger partial charge in [0.25, 0.3) is 0 Å². The van der Waals surface area contributed by atoms with Crippen molar-refractivity contribution in [2.24, 2.45) is 5.73 Å². The number of nitrogens with two attached hydrogens (primary N) is 1. The van der Waals surface area contributed by atoms with Crippen LogP contribution in [0.3, 0.4) is 0 Å². The van der Waals surface area contributed by atoms with Crippen LogP contribution in [0.25, 0.3) is 0 Å². The lowest BCUT2D eigenvalue weighted by Gasteiger charge is -2.17. The van der Waals surface area contributed by atoms with Crippen LogP contribution in [0, 0.1) is 5.82 Å². The minimum atomic E-state index is -0.267. The normalized spacial score (nSPS) is 19.5. The third kappa shape index (κ3) is 1.97. The molecule has 2 rings (SSSR count). The summed E-state index contributed by atoms with van der Waals surface area (Å²) in [4.78, 5) is 0. The molecule has 1 aromatic carbocycles. The molecule has 0 aliphatic heterocycles. The summed E-state index contributed by atoms with van der Waals surface area (Å²) in [5, 5.41) is 0. The second kappa shape index (κ2) is 4.15.